The predicted octanol–water partition coefficient (Wildman–Crippen LogP) is 6.52. The van der Waals surface area contributed by atoms with Crippen LogP contribution in [0.4, 0.5) is 0 Å². The van der Waals surface area contributed by atoms with Crippen LogP contribution in [0.15, 0.2) is 113 Å². The van der Waals surface area contributed by atoms with Crippen LogP contribution < -0.4 is 26.1 Å². The summed E-state index contributed by atoms with van der Waals surface area (Å²) >= 11 is 0. The third-order valence-corrected chi connectivity index (χ3v) is 19.9. The number of hydrogen-bond donors (Lipinski definition) is 1. The summed E-state index contributed by atoms with van der Waals surface area (Å²) in [5.74, 6) is 0.378. The Morgan fingerprint density at radius 1 is 0.780 bits per heavy atom. The number of hydrogen-bond acceptors (Lipinski definition) is 8. The molecule has 1 saturated heterocycles. The van der Waals surface area contributed by atoms with E-state index in [2.05, 4.69) is 83.9 Å². The van der Waals surface area contributed by atoms with Crippen molar-refractivity contribution in [3.63, 3.8) is 0 Å². The molecule has 0 spiro atoms. The van der Waals surface area contributed by atoms with Gasteiger partial charge in [-0.05, 0) is 45.7 Å². The molecule has 0 bridgehead atoms. The summed E-state index contributed by atoms with van der Waals surface area (Å²) in [6, 6.07) is 30.5. The maximum atomic E-state index is 13.6. The van der Waals surface area contributed by atoms with E-state index in [0.717, 1.165) is 10.4 Å². The van der Waals surface area contributed by atoms with Gasteiger partial charge < -0.3 is 13.6 Å². The lowest BCUT2D eigenvalue weighted by Crippen LogP contribution is -2.67. The minimum absolute atomic E-state index is 0.0262. The molecule has 0 aliphatic carbocycles. The molecule has 13 heteroatoms. The molecule has 0 radical (unpaired) electrons. The van der Waals surface area contributed by atoms with E-state index in [4.69, 9.17) is 22.6 Å². The maximum absolute atomic E-state index is 13.6. The third kappa shape index (κ3) is 8.02. The molecule has 10 nitrogen and oxygen atoms in total. The van der Waals surface area contributed by atoms with E-state index in [0.29, 0.717) is 5.75 Å². The Morgan fingerprint density at radius 2 is 1.32 bits per heavy atom. The summed E-state index contributed by atoms with van der Waals surface area (Å²) in [6.45, 7) is 17.1. The Morgan fingerprint density at radius 3 is 1.82 bits per heavy atom. The van der Waals surface area contributed by atoms with Crippen LogP contribution in [0.3, 0.4) is 0 Å². The molecular formula is C37H48N2O8PSi2+. The van der Waals surface area contributed by atoms with E-state index in [-0.39, 0.29) is 16.7 Å². The third-order valence-electron chi connectivity index (χ3n) is 9.66. The van der Waals surface area contributed by atoms with Crippen molar-refractivity contribution < 1.29 is 27.2 Å². The van der Waals surface area contributed by atoms with Gasteiger partial charge in [0.1, 0.15) is 12.2 Å². The lowest BCUT2D eigenvalue weighted by atomic mass is 10.1. The Balaban J connectivity index is 1.61. The molecular weight excluding hydrogens is 688 g/mol. The van der Waals surface area contributed by atoms with Crippen molar-refractivity contribution in [1.29, 1.82) is 0 Å². The van der Waals surface area contributed by atoms with Crippen LogP contribution in [0.1, 0.15) is 47.8 Å². The minimum atomic E-state index is -3.05. The number of benzene rings is 3. The van der Waals surface area contributed by atoms with Crippen molar-refractivity contribution in [2.24, 2.45) is 0 Å². The van der Waals surface area contributed by atoms with Crippen LogP contribution in [-0.4, -0.2) is 51.1 Å². The van der Waals surface area contributed by atoms with Crippen molar-refractivity contribution in [3.05, 3.63) is 124 Å². The standard InChI is InChI=1S/C37H47N2O8PSi2/c1-36(2,3)49(7,8)47-33-32(46-48(42)45-27-18-12-9-13-19-27)30(44-34(33)39-25-24-31(40)38-35(39)41)26-43-50(37(4,5)6,28-20-14-10-15-21-28)29-22-16-11-17-23-29/h9-25,30,32-34H,26H2,1-8H3/p+1/t30-,32-,33-,34-/m1/s1. The molecule has 4 aromatic rings. The van der Waals surface area contributed by atoms with Crippen LogP contribution >= 0.6 is 8.25 Å². The predicted molar refractivity (Wildman–Crippen MR) is 200 cm³/mol. The summed E-state index contributed by atoms with van der Waals surface area (Å²) in [5, 5.41) is 1.59. The van der Waals surface area contributed by atoms with Gasteiger partial charge in [-0.25, -0.2) is 9.32 Å². The van der Waals surface area contributed by atoms with Gasteiger partial charge in [-0.2, -0.15) is 0 Å². The zero-order chi connectivity index (χ0) is 36.3. The topological polar surface area (TPSA) is 118 Å². The zero-order valence-corrected chi connectivity index (χ0v) is 32.9. The molecule has 1 aliphatic rings. The highest BCUT2D eigenvalue weighted by atomic mass is 31.1. The number of para-hydroxylation sites is 1. The van der Waals surface area contributed by atoms with E-state index < -0.39 is 60.7 Å². The Hall–Kier alpha value is -3.49. The lowest BCUT2D eigenvalue weighted by Gasteiger charge is -2.43. The lowest BCUT2D eigenvalue weighted by molar-refractivity contribution is -0.0502. The van der Waals surface area contributed by atoms with E-state index in [1.807, 2.05) is 42.5 Å². The molecule has 1 aromatic heterocycles. The normalized spacial score (nSPS) is 20.4. The second-order valence-corrected chi connectivity index (χ2v) is 25.0. The van der Waals surface area contributed by atoms with E-state index in [9.17, 15) is 14.2 Å². The van der Waals surface area contributed by atoms with Crippen molar-refractivity contribution in [2.45, 2.75) is 89.3 Å². The summed E-state index contributed by atoms with van der Waals surface area (Å²) in [5.41, 5.74) is -1.20. The van der Waals surface area contributed by atoms with E-state index in [1.54, 1.807) is 24.3 Å². The Bertz CT molecular complexity index is 1820. The number of aromatic amines is 1. The molecule has 0 amide bonds. The van der Waals surface area contributed by atoms with E-state index in [1.165, 1.54) is 16.8 Å². The molecule has 1 aliphatic heterocycles. The van der Waals surface area contributed by atoms with Gasteiger partial charge in [0.25, 0.3) is 13.9 Å². The summed E-state index contributed by atoms with van der Waals surface area (Å²) in [6.07, 6.45) is -2.40. The first-order chi connectivity index (χ1) is 23.5. The molecule has 0 saturated carbocycles. The first kappa shape index (κ1) is 37.8. The van der Waals surface area contributed by atoms with Crippen LogP contribution in [0.25, 0.3) is 0 Å². The molecule has 5 atom stereocenters. The fourth-order valence-electron chi connectivity index (χ4n) is 6.12. The zero-order valence-electron chi connectivity index (χ0n) is 30.0. The minimum Gasteiger partial charge on any atom is -0.406 e. The second-order valence-electron chi connectivity index (χ2n) is 15.1. The largest absolute Gasteiger partial charge is 0.750 e. The highest BCUT2D eigenvalue weighted by Crippen LogP contribution is 2.45. The number of ether oxygens (including phenoxy) is 1. The van der Waals surface area contributed by atoms with Gasteiger partial charge in [-0.3, -0.25) is 14.3 Å². The summed E-state index contributed by atoms with van der Waals surface area (Å²) < 4.78 is 47.9. The maximum Gasteiger partial charge on any atom is 0.750 e. The fraction of sp³-hybridized carbons (Fsp3) is 0.405. The van der Waals surface area contributed by atoms with E-state index >= 15 is 0 Å². The monoisotopic (exact) mass is 735 g/mol. The average Bonchev–Trinajstić information content (AvgIpc) is 3.36. The highest BCUT2D eigenvalue weighted by molar-refractivity contribution is 7.33. The molecule has 1 unspecified atom stereocenters. The SMILES string of the molecule is CC(C)(C)[Si](C)(C)O[C@@H]1[C@H](O[P+](=O)Oc2ccccc2)[C@@H](CO[Si](c2ccccc2)(c2ccccc2)C(C)(C)C)O[C@H]1n1ccc(=O)[nH]c1=O. The van der Waals surface area contributed by atoms with Crippen LogP contribution in [0.2, 0.25) is 23.2 Å². The number of aromatic nitrogens is 2. The molecule has 266 valence electrons. The van der Waals surface area contributed by atoms with Gasteiger partial charge in [0.05, 0.1) is 6.61 Å². The molecule has 50 heavy (non-hydrogen) atoms. The molecule has 2 heterocycles. The molecule has 1 N–H and O–H groups in total. The van der Waals surface area contributed by atoms with Crippen molar-refractivity contribution in [1.82, 2.24) is 9.55 Å². The number of nitrogens with one attached hydrogen (secondary N) is 1. The van der Waals surface area contributed by atoms with Crippen molar-refractivity contribution >= 4 is 35.3 Å². The number of nitrogens with zero attached hydrogens (tertiary/aromatic N) is 1. The van der Waals surface area contributed by atoms with Crippen LogP contribution in [-0.2, 0) is 22.7 Å². The summed E-state index contributed by atoms with van der Waals surface area (Å²) in [7, 11) is -8.36. The van der Waals surface area contributed by atoms with Gasteiger partial charge in [0, 0.05) is 16.8 Å². The van der Waals surface area contributed by atoms with Gasteiger partial charge in [0.15, 0.2) is 26.4 Å². The van der Waals surface area contributed by atoms with Crippen LogP contribution in [0.5, 0.6) is 5.75 Å². The number of rotatable bonds is 12. The smallest absolute Gasteiger partial charge is 0.406 e. The molecule has 3 aromatic carbocycles. The first-order valence-electron chi connectivity index (χ1n) is 16.8. The van der Waals surface area contributed by atoms with Crippen LogP contribution in [0, 0.1) is 0 Å². The van der Waals surface area contributed by atoms with Gasteiger partial charge >= 0.3 is 13.9 Å². The Labute approximate surface area is 296 Å². The Kier molecular flexibility index (Phi) is 11.3. The quantitative estimate of drug-likeness (QED) is 0.129. The highest BCUT2D eigenvalue weighted by Gasteiger charge is 2.57. The summed E-state index contributed by atoms with van der Waals surface area (Å²) in [4.78, 5) is 27.7. The molecule has 5 rings (SSSR count). The fourth-order valence-corrected chi connectivity index (χ4v) is 12.8. The average molecular weight is 736 g/mol. The van der Waals surface area contributed by atoms with Gasteiger partial charge in [0.2, 0.25) is 0 Å². The second kappa shape index (κ2) is 15.0. The van der Waals surface area contributed by atoms with Crippen molar-refractivity contribution in [2.75, 3.05) is 6.61 Å². The van der Waals surface area contributed by atoms with Crippen molar-refractivity contribution in [3.8, 4) is 5.75 Å². The molecule has 1 fully saturated rings. The first-order valence-corrected chi connectivity index (χ1v) is 22.7. The van der Waals surface area contributed by atoms with Gasteiger partial charge in [-0.1, -0.05) is 120 Å². The number of H-pyrrole nitrogens is 1. The van der Waals surface area contributed by atoms with Gasteiger partial charge in [-0.15, -0.1) is 4.52 Å².